The van der Waals surface area contributed by atoms with Crippen molar-refractivity contribution in [1.29, 1.82) is 0 Å². The first-order chi connectivity index (χ1) is 1.91. The monoisotopic (exact) mass is 180 g/mol. The van der Waals surface area contributed by atoms with Gasteiger partial charge in [-0.1, -0.05) is 26.7 Å². The first kappa shape index (κ1) is 9.25. The fraction of sp³-hybridized carbons (Fsp3) is 1.00. The van der Waals surface area contributed by atoms with Crippen molar-refractivity contribution in [3.05, 3.63) is 0 Å². The van der Waals surface area contributed by atoms with Crippen molar-refractivity contribution in [2.24, 2.45) is 0 Å². The summed E-state index contributed by atoms with van der Waals surface area (Å²) in [7, 11) is 0. The van der Waals surface area contributed by atoms with Gasteiger partial charge in [-0.25, -0.2) is 0 Å². The fourth-order valence-electron chi connectivity index (χ4n) is 0. The number of hydrogen-bond donors (Lipinski definition) is 0. The van der Waals surface area contributed by atoms with Crippen molar-refractivity contribution in [3.8, 4) is 0 Å². The molecule has 0 bridgehead atoms. The molecule has 0 rings (SSSR count). The van der Waals surface area contributed by atoms with E-state index >= 15 is 0 Å². The third kappa shape index (κ3) is 11.6. The summed E-state index contributed by atoms with van der Waals surface area (Å²) < 4.78 is 0. The molecule has 0 aromatic rings. The van der Waals surface area contributed by atoms with Crippen molar-refractivity contribution >= 4 is 23.9 Å². The second-order valence-electron chi connectivity index (χ2n) is 1.000. The van der Waals surface area contributed by atoms with Crippen LogP contribution in [0.15, 0.2) is 0 Å². The summed E-state index contributed by atoms with van der Waals surface area (Å²) in [6, 6.07) is 0. The molecule has 0 N–H and O–H groups in total. The second-order valence-corrected chi connectivity index (χ2v) is 1.000. The Morgan fingerprint density at radius 2 is 1.20 bits per heavy atom. The van der Waals surface area contributed by atoms with Crippen LogP contribution in [0.2, 0.25) is 0 Å². The molecule has 0 aromatic heterocycles. The van der Waals surface area contributed by atoms with Crippen LogP contribution in [0.25, 0.3) is 0 Å². The molecule has 0 atom stereocenters. The van der Waals surface area contributed by atoms with Crippen LogP contribution in [0.5, 0.6) is 0 Å². The van der Waals surface area contributed by atoms with E-state index in [2.05, 4.69) is 13.8 Å². The number of rotatable bonds is 1. The van der Waals surface area contributed by atoms with E-state index in [4.69, 9.17) is 0 Å². The fourth-order valence-corrected chi connectivity index (χ4v) is 0. The van der Waals surface area contributed by atoms with E-state index in [1.807, 2.05) is 0 Å². The molecule has 5 heavy (non-hydrogen) atoms. The van der Waals surface area contributed by atoms with Crippen LogP contribution in [0, 0.1) is 0 Å². The van der Waals surface area contributed by atoms with Crippen LogP contribution in [-0.2, 0) is 0 Å². The number of hydrogen-bond acceptors (Lipinski definition) is 0. The van der Waals surface area contributed by atoms with E-state index in [0.717, 1.165) is 0 Å². The summed E-state index contributed by atoms with van der Waals surface area (Å²) >= 11 is 0. The first-order valence-corrected chi connectivity index (χ1v) is 1.91. The standard InChI is InChI=1S/C4H10.Sn.2H/c1-3-4-2;;;/h3-4H2,1-2H3;;;. The Kier molecular flexibility index (Phi) is 16.4. The molecular formula is C4H12Sn. The molecule has 0 aromatic carbocycles. The molecule has 2 radical (unpaired) electrons. The maximum absolute atomic E-state index is 2.18. The van der Waals surface area contributed by atoms with E-state index in [-0.39, 0.29) is 23.9 Å². The van der Waals surface area contributed by atoms with Crippen LogP contribution in [-0.4, -0.2) is 23.9 Å². The Morgan fingerprint density at radius 1 is 1.00 bits per heavy atom. The molecule has 0 saturated heterocycles. The van der Waals surface area contributed by atoms with Crippen LogP contribution in [0.1, 0.15) is 26.7 Å². The van der Waals surface area contributed by atoms with Gasteiger partial charge in [0.1, 0.15) is 0 Å². The van der Waals surface area contributed by atoms with Gasteiger partial charge in [-0.3, -0.25) is 0 Å². The predicted molar refractivity (Wildman–Crippen MR) is 29.1 cm³/mol. The zero-order valence-electron chi connectivity index (χ0n) is 4.12. The van der Waals surface area contributed by atoms with Crippen molar-refractivity contribution in [3.63, 3.8) is 0 Å². The van der Waals surface area contributed by atoms with E-state index in [9.17, 15) is 0 Å². The molecule has 0 spiro atoms. The molecule has 0 saturated carbocycles. The summed E-state index contributed by atoms with van der Waals surface area (Å²) in [5.74, 6) is 0. The number of unbranched alkanes of at least 4 members (excludes halogenated alkanes) is 1. The maximum atomic E-state index is 2.18. The Labute approximate surface area is 50.9 Å². The van der Waals surface area contributed by atoms with Gasteiger partial charge in [-0.05, 0) is 0 Å². The molecule has 0 aliphatic rings. The SMILES string of the molecule is CCCC.[SnH2]. The van der Waals surface area contributed by atoms with Gasteiger partial charge in [0, 0.05) is 0 Å². The minimum atomic E-state index is 0. The van der Waals surface area contributed by atoms with Crippen molar-refractivity contribution < 1.29 is 0 Å². The summed E-state index contributed by atoms with van der Waals surface area (Å²) in [5.41, 5.74) is 0. The van der Waals surface area contributed by atoms with Gasteiger partial charge < -0.3 is 0 Å². The van der Waals surface area contributed by atoms with E-state index < -0.39 is 0 Å². The van der Waals surface area contributed by atoms with Gasteiger partial charge in [0.2, 0.25) is 0 Å². The Balaban J connectivity index is 0. The zero-order valence-corrected chi connectivity index (χ0v) is 8.16. The summed E-state index contributed by atoms with van der Waals surface area (Å²) in [6.07, 6.45) is 2.64. The van der Waals surface area contributed by atoms with E-state index in [1.54, 1.807) is 0 Å². The van der Waals surface area contributed by atoms with E-state index in [0.29, 0.717) is 0 Å². The van der Waals surface area contributed by atoms with Crippen LogP contribution >= 0.6 is 0 Å². The molecule has 0 aliphatic carbocycles. The van der Waals surface area contributed by atoms with Gasteiger partial charge in [0.25, 0.3) is 0 Å². The average molecular weight is 179 g/mol. The van der Waals surface area contributed by atoms with Crippen molar-refractivity contribution in [1.82, 2.24) is 0 Å². The molecule has 0 amide bonds. The van der Waals surface area contributed by atoms with Crippen molar-refractivity contribution in [2.75, 3.05) is 0 Å². The van der Waals surface area contributed by atoms with E-state index in [1.165, 1.54) is 12.8 Å². The van der Waals surface area contributed by atoms with Gasteiger partial charge in [-0.15, -0.1) is 0 Å². The summed E-state index contributed by atoms with van der Waals surface area (Å²) in [4.78, 5) is 0. The molecule has 0 heterocycles. The zero-order chi connectivity index (χ0) is 3.41. The molecule has 0 aliphatic heterocycles. The van der Waals surface area contributed by atoms with Gasteiger partial charge >= 0.3 is 23.9 Å². The quantitative estimate of drug-likeness (QED) is 0.524. The molecule has 1 heteroatoms. The second kappa shape index (κ2) is 8.84. The Bertz CT molecular complexity index is 5.61. The van der Waals surface area contributed by atoms with Crippen LogP contribution < -0.4 is 0 Å². The van der Waals surface area contributed by atoms with Gasteiger partial charge in [0.05, 0.1) is 0 Å². The van der Waals surface area contributed by atoms with Gasteiger partial charge in [-0.2, -0.15) is 0 Å². The van der Waals surface area contributed by atoms with Crippen LogP contribution in [0.4, 0.5) is 0 Å². The van der Waals surface area contributed by atoms with Crippen molar-refractivity contribution in [2.45, 2.75) is 26.7 Å². The Hall–Kier alpha value is 0.799. The first-order valence-electron chi connectivity index (χ1n) is 1.91. The van der Waals surface area contributed by atoms with Gasteiger partial charge in [0.15, 0.2) is 0 Å². The molecule has 0 fully saturated rings. The Morgan fingerprint density at radius 3 is 1.20 bits per heavy atom. The predicted octanol–water partition coefficient (Wildman–Crippen LogP) is 0.890. The topological polar surface area (TPSA) is 0 Å². The summed E-state index contributed by atoms with van der Waals surface area (Å²) in [6.45, 7) is 4.36. The minimum absolute atomic E-state index is 0. The van der Waals surface area contributed by atoms with Crippen LogP contribution in [0.3, 0.4) is 0 Å². The normalized spacial score (nSPS) is 6.00. The third-order valence-electron chi connectivity index (χ3n) is 0.500. The summed E-state index contributed by atoms with van der Waals surface area (Å²) in [5, 5.41) is 0. The third-order valence-corrected chi connectivity index (χ3v) is 0.500. The molecular weight excluding hydrogens is 167 g/mol. The molecule has 0 nitrogen and oxygen atoms in total. The molecule has 32 valence electrons. The molecule has 0 unspecified atom stereocenters. The average Bonchev–Trinajstić information content (AvgIpc) is 1.37.